The van der Waals surface area contributed by atoms with Gasteiger partial charge in [0.25, 0.3) is 0 Å². The molecule has 2 amide bonds. The molecule has 1 aliphatic heterocycles. The first-order valence-electron chi connectivity index (χ1n) is 10.1. The van der Waals surface area contributed by atoms with Crippen LogP contribution in [0.1, 0.15) is 19.3 Å². The first-order valence-corrected chi connectivity index (χ1v) is 10.1. The molecule has 0 bridgehead atoms. The quantitative estimate of drug-likeness (QED) is 0.571. The first kappa shape index (κ1) is 19.8. The molecular weight excluding hydrogens is 382 g/mol. The van der Waals surface area contributed by atoms with E-state index in [1.54, 1.807) is 11.2 Å². The van der Waals surface area contributed by atoms with E-state index in [9.17, 15) is 4.79 Å². The lowest BCUT2D eigenvalue weighted by atomic mass is 10.1. The second-order valence-electron chi connectivity index (χ2n) is 7.48. The number of nitrogens with two attached hydrogens (primary N) is 1. The highest BCUT2D eigenvalue weighted by atomic mass is 16.2. The van der Waals surface area contributed by atoms with Crippen molar-refractivity contribution in [1.29, 1.82) is 5.26 Å². The molecule has 4 heterocycles. The average Bonchev–Trinajstić information content (AvgIpc) is 3.42. The zero-order valence-electron chi connectivity index (χ0n) is 16.7. The smallest absolute Gasteiger partial charge is 0.314 e. The van der Waals surface area contributed by atoms with Crippen molar-refractivity contribution >= 4 is 17.1 Å². The molecule has 10 heteroatoms. The van der Waals surface area contributed by atoms with E-state index in [1.165, 1.54) is 0 Å². The summed E-state index contributed by atoms with van der Waals surface area (Å²) in [6.07, 6.45) is 9.50. The molecule has 1 fully saturated rings. The highest BCUT2D eigenvalue weighted by Gasteiger charge is 2.25. The van der Waals surface area contributed by atoms with Crippen LogP contribution in [0.25, 0.3) is 22.3 Å². The Balaban J connectivity index is 1.48. The van der Waals surface area contributed by atoms with Crippen molar-refractivity contribution in [2.45, 2.75) is 31.8 Å². The average molecular weight is 407 g/mol. The number of fused-ring (bicyclic) bond motifs is 1. The molecule has 0 aromatic carbocycles. The topological polar surface area (TPSA) is 133 Å². The van der Waals surface area contributed by atoms with Crippen molar-refractivity contribution in [1.82, 2.24) is 34.5 Å². The van der Waals surface area contributed by atoms with Gasteiger partial charge in [0.1, 0.15) is 12.0 Å². The Morgan fingerprint density at radius 3 is 2.90 bits per heavy atom. The van der Waals surface area contributed by atoms with E-state index in [4.69, 9.17) is 11.0 Å². The number of hydrogen-bond acceptors (Lipinski definition) is 6. The summed E-state index contributed by atoms with van der Waals surface area (Å²) in [6.45, 7) is 3.50. The maximum atomic E-state index is 11.4. The standard InChI is InChI=1S/C20H25N9O/c21-5-2-1-3-16(27-7-9-28(10-8-27)20(22)30)13-29-12-15(11-26-29)18-17-4-6-23-19(17)25-14-24-18/h4,6,11-12,14,16H,1-3,7-10,13H2,(H2,22,30)(H,23,24,25)/t16-/m0/s1. The molecule has 0 unspecified atom stereocenters. The fourth-order valence-electron chi connectivity index (χ4n) is 4.02. The SMILES string of the molecule is N#CCCC[C@@H](Cn1cc(-c2ncnc3[nH]ccc23)cn1)N1CCN(C(N)=O)CC1. The number of nitriles is 1. The van der Waals surface area contributed by atoms with E-state index >= 15 is 0 Å². The zero-order valence-corrected chi connectivity index (χ0v) is 16.7. The molecule has 4 rings (SSSR count). The summed E-state index contributed by atoms with van der Waals surface area (Å²) in [5.74, 6) is 0. The number of primary amides is 1. The van der Waals surface area contributed by atoms with E-state index in [2.05, 4.69) is 31.0 Å². The van der Waals surface area contributed by atoms with Crippen LogP contribution in [-0.2, 0) is 6.54 Å². The number of aromatic nitrogens is 5. The fourth-order valence-corrected chi connectivity index (χ4v) is 4.02. The third-order valence-corrected chi connectivity index (χ3v) is 5.63. The number of H-pyrrole nitrogens is 1. The van der Waals surface area contributed by atoms with Gasteiger partial charge < -0.3 is 15.6 Å². The van der Waals surface area contributed by atoms with Crippen LogP contribution in [0, 0.1) is 11.3 Å². The van der Waals surface area contributed by atoms with E-state index in [0.29, 0.717) is 26.1 Å². The third kappa shape index (κ3) is 4.26. The second kappa shape index (κ2) is 8.92. The summed E-state index contributed by atoms with van der Waals surface area (Å²) >= 11 is 0. The van der Waals surface area contributed by atoms with Gasteiger partial charge in [-0.1, -0.05) is 0 Å². The highest BCUT2D eigenvalue weighted by molar-refractivity contribution is 5.89. The maximum Gasteiger partial charge on any atom is 0.314 e. The first-order chi connectivity index (χ1) is 14.7. The van der Waals surface area contributed by atoms with Crippen LogP contribution in [-0.4, -0.2) is 72.8 Å². The lowest BCUT2D eigenvalue weighted by Crippen LogP contribution is -2.54. The minimum atomic E-state index is -0.367. The van der Waals surface area contributed by atoms with Crippen LogP contribution in [0.4, 0.5) is 4.79 Å². The third-order valence-electron chi connectivity index (χ3n) is 5.63. The van der Waals surface area contributed by atoms with Gasteiger partial charge in [-0.05, 0) is 18.9 Å². The second-order valence-corrected chi connectivity index (χ2v) is 7.48. The van der Waals surface area contributed by atoms with Gasteiger partial charge in [-0.3, -0.25) is 9.58 Å². The molecule has 0 saturated carbocycles. The normalized spacial score (nSPS) is 15.9. The van der Waals surface area contributed by atoms with Gasteiger partial charge in [0.05, 0.1) is 24.5 Å². The molecule has 0 spiro atoms. The molecule has 30 heavy (non-hydrogen) atoms. The number of amides is 2. The van der Waals surface area contributed by atoms with Crippen LogP contribution in [0.3, 0.4) is 0 Å². The number of rotatable bonds is 7. The van der Waals surface area contributed by atoms with Gasteiger partial charge in [0.2, 0.25) is 0 Å². The van der Waals surface area contributed by atoms with Gasteiger partial charge in [-0.25, -0.2) is 14.8 Å². The molecule has 0 radical (unpaired) electrons. The predicted molar refractivity (Wildman–Crippen MR) is 111 cm³/mol. The Bertz CT molecular complexity index is 1040. The number of nitrogens with one attached hydrogen (secondary N) is 1. The van der Waals surface area contributed by atoms with E-state index < -0.39 is 0 Å². The van der Waals surface area contributed by atoms with Gasteiger partial charge in [0, 0.05) is 62.0 Å². The number of urea groups is 1. The summed E-state index contributed by atoms with van der Waals surface area (Å²) < 4.78 is 1.94. The molecule has 10 nitrogen and oxygen atoms in total. The monoisotopic (exact) mass is 407 g/mol. The number of aromatic amines is 1. The van der Waals surface area contributed by atoms with E-state index in [0.717, 1.165) is 48.2 Å². The zero-order chi connectivity index (χ0) is 20.9. The van der Waals surface area contributed by atoms with Crippen molar-refractivity contribution in [3.8, 4) is 17.3 Å². The number of unbranched alkanes of at least 4 members (excludes halogenated alkanes) is 1. The highest BCUT2D eigenvalue weighted by Crippen LogP contribution is 2.24. The van der Waals surface area contributed by atoms with Gasteiger partial charge in [-0.2, -0.15) is 10.4 Å². The van der Waals surface area contributed by atoms with Crippen molar-refractivity contribution in [2.75, 3.05) is 26.2 Å². The van der Waals surface area contributed by atoms with Crippen molar-refractivity contribution in [3.05, 3.63) is 31.0 Å². The summed E-state index contributed by atoms with van der Waals surface area (Å²) in [5, 5.41) is 14.4. The minimum Gasteiger partial charge on any atom is -0.351 e. The van der Waals surface area contributed by atoms with Crippen LogP contribution >= 0.6 is 0 Å². The summed E-state index contributed by atoms with van der Waals surface area (Å²) in [6, 6.07) is 4.06. The number of hydrogen-bond donors (Lipinski definition) is 2. The minimum absolute atomic E-state index is 0.235. The van der Waals surface area contributed by atoms with Crippen LogP contribution in [0.5, 0.6) is 0 Å². The summed E-state index contributed by atoms with van der Waals surface area (Å²) in [5.41, 5.74) is 8.00. The molecule has 1 aliphatic rings. The largest absolute Gasteiger partial charge is 0.351 e. The molecule has 1 saturated heterocycles. The number of nitrogens with zero attached hydrogens (tertiary/aromatic N) is 7. The molecular formula is C20H25N9O. The Morgan fingerprint density at radius 1 is 1.30 bits per heavy atom. The Labute approximate surface area is 174 Å². The Kier molecular flexibility index (Phi) is 5.90. The molecule has 3 aromatic heterocycles. The number of carbonyl (C=O) groups is 1. The predicted octanol–water partition coefficient (Wildman–Crippen LogP) is 1.58. The number of carbonyl (C=O) groups excluding carboxylic acids is 1. The van der Waals surface area contributed by atoms with Crippen LogP contribution in [0.2, 0.25) is 0 Å². The summed E-state index contributed by atoms with van der Waals surface area (Å²) in [7, 11) is 0. The van der Waals surface area contributed by atoms with Crippen molar-refractivity contribution in [3.63, 3.8) is 0 Å². The number of piperazine rings is 1. The van der Waals surface area contributed by atoms with Gasteiger partial charge in [-0.15, -0.1) is 0 Å². The van der Waals surface area contributed by atoms with Gasteiger partial charge >= 0.3 is 6.03 Å². The Hall–Kier alpha value is -3.45. The molecule has 3 aromatic rings. The molecule has 156 valence electrons. The van der Waals surface area contributed by atoms with Crippen LogP contribution < -0.4 is 5.73 Å². The molecule has 3 N–H and O–H groups in total. The Morgan fingerprint density at radius 2 is 2.13 bits per heavy atom. The summed E-state index contributed by atoms with van der Waals surface area (Å²) in [4.78, 5) is 27.2. The van der Waals surface area contributed by atoms with E-state index in [-0.39, 0.29) is 12.1 Å². The van der Waals surface area contributed by atoms with E-state index in [1.807, 2.05) is 29.3 Å². The van der Waals surface area contributed by atoms with Crippen molar-refractivity contribution < 1.29 is 4.79 Å². The lowest BCUT2D eigenvalue weighted by molar-refractivity contribution is 0.0962. The molecule has 1 atom stereocenters. The fraction of sp³-hybridized carbons (Fsp3) is 0.450. The van der Waals surface area contributed by atoms with Gasteiger partial charge in [0.15, 0.2) is 0 Å². The molecule has 0 aliphatic carbocycles. The maximum absolute atomic E-state index is 11.4. The van der Waals surface area contributed by atoms with Crippen LogP contribution in [0.15, 0.2) is 31.0 Å². The van der Waals surface area contributed by atoms with Crippen molar-refractivity contribution in [2.24, 2.45) is 5.73 Å². The lowest BCUT2D eigenvalue weighted by Gasteiger charge is -2.38.